The SMILES string of the molecule is CC(N)C1CCCN(Cc2ccnn2-c2ccccc2)C1. The van der Waals surface area contributed by atoms with Crippen LogP contribution >= 0.6 is 0 Å². The smallest absolute Gasteiger partial charge is 0.0649 e. The highest BCUT2D eigenvalue weighted by Gasteiger charge is 2.23. The first-order valence-corrected chi connectivity index (χ1v) is 7.80. The van der Waals surface area contributed by atoms with E-state index in [1.165, 1.54) is 18.5 Å². The zero-order valence-corrected chi connectivity index (χ0v) is 12.7. The van der Waals surface area contributed by atoms with E-state index in [-0.39, 0.29) is 6.04 Å². The van der Waals surface area contributed by atoms with Crippen LogP contribution in [0.25, 0.3) is 5.69 Å². The van der Waals surface area contributed by atoms with Gasteiger partial charge in [0.1, 0.15) is 0 Å². The Morgan fingerprint density at radius 2 is 2.10 bits per heavy atom. The molecule has 2 atom stereocenters. The van der Waals surface area contributed by atoms with E-state index < -0.39 is 0 Å². The van der Waals surface area contributed by atoms with E-state index in [4.69, 9.17) is 5.73 Å². The number of benzene rings is 1. The molecule has 2 aromatic rings. The molecule has 2 N–H and O–H groups in total. The highest BCUT2D eigenvalue weighted by molar-refractivity contribution is 5.32. The van der Waals surface area contributed by atoms with Crippen LogP contribution in [0, 0.1) is 5.92 Å². The third-order valence-electron chi connectivity index (χ3n) is 4.39. The fourth-order valence-corrected chi connectivity index (χ4v) is 3.15. The predicted molar refractivity (Wildman–Crippen MR) is 85.2 cm³/mol. The molecule has 4 heteroatoms. The maximum absolute atomic E-state index is 6.08. The third kappa shape index (κ3) is 3.34. The number of aromatic nitrogens is 2. The monoisotopic (exact) mass is 284 g/mol. The van der Waals surface area contributed by atoms with Crippen LogP contribution in [0.2, 0.25) is 0 Å². The Bertz CT molecular complexity index is 561. The molecule has 2 heterocycles. The molecule has 0 bridgehead atoms. The molecule has 0 amide bonds. The van der Waals surface area contributed by atoms with Gasteiger partial charge >= 0.3 is 0 Å². The van der Waals surface area contributed by atoms with E-state index in [2.05, 4.69) is 35.1 Å². The van der Waals surface area contributed by atoms with Crippen molar-refractivity contribution < 1.29 is 0 Å². The molecule has 1 saturated heterocycles. The first-order valence-electron chi connectivity index (χ1n) is 7.80. The van der Waals surface area contributed by atoms with Crippen molar-refractivity contribution in [2.24, 2.45) is 11.7 Å². The Balaban J connectivity index is 1.73. The summed E-state index contributed by atoms with van der Waals surface area (Å²) >= 11 is 0. The fraction of sp³-hybridized carbons (Fsp3) is 0.471. The summed E-state index contributed by atoms with van der Waals surface area (Å²) in [7, 11) is 0. The average molecular weight is 284 g/mol. The zero-order valence-electron chi connectivity index (χ0n) is 12.7. The second-order valence-electron chi connectivity index (χ2n) is 6.07. The summed E-state index contributed by atoms with van der Waals surface area (Å²) in [4.78, 5) is 2.51. The summed E-state index contributed by atoms with van der Waals surface area (Å²) in [6.45, 7) is 5.32. The lowest BCUT2D eigenvalue weighted by Gasteiger charge is -2.34. The Labute approximate surface area is 126 Å². The standard InChI is InChI=1S/C17H24N4/c1-14(18)15-6-5-11-20(12-15)13-17-9-10-19-21(17)16-7-3-2-4-8-16/h2-4,7-10,14-15H,5-6,11-13,18H2,1H3. The van der Waals surface area contributed by atoms with Crippen molar-refractivity contribution in [1.29, 1.82) is 0 Å². The molecule has 0 radical (unpaired) electrons. The average Bonchev–Trinajstić information content (AvgIpc) is 2.96. The molecule has 3 rings (SSSR count). The number of hydrogen-bond donors (Lipinski definition) is 1. The van der Waals surface area contributed by atoms with Gasteiger partial charge in [-0.3, -0.25) is 4.90 Å². The number of nitrogens with zero attached hydrogens (tertiary/aromatic N) is 3. The zero-order chi connectivity index (χ0) is 14.7. The van der Waals surface area contributed by atoms with Gasteiger partial charge in [-0.05, 0) is 50.4 Å². The predicted octanol–water partition coefficient (Wildman–Crippen LogP) is 2.43. The lowest BCUT2D eigenvalue weighted by atomic mass is 9.92. The lowest BCUT2D eigenvalue weighted by molar-refractivity contribution is 0.152. The van der Waals surface area contributed by atoms with Crippen LogP contribution < -0.4 is 5.73 Å². The molecular weight excluding hydrogens is 260 g/mol. The van der Waals surface area contributed by atoms with Crippen LogP contribution in [0.3, 0.4) is 0 Å². The third-order valence-corrected chi connectivity index (χ3v) is 4.39. The molecule has 21 heavy (non-hydrogen) atoms. The molecule has 1 fully saturated rings. The van der Waals surface area contributed by atoms with Gasteiger partial charge in [-0.1, -0.05) is 18.2 Å². The fourth-order valence-electron chi connectivity index (χ4n) is 3.15. The summed E-state index contributed by atoms with van der Waals surface area (Å²) in [5, 5.41) is 4.47. The van der Waals surface area contributed by atoms with Crippen LogP contribution in [0.5, 0.6) is 0 Å². The van der Waals surface area contributed by atoms with Gasteiger partial charge in [0.05, 0.1) is 11.4 Å². The van der Waals surface area contributed by atoms with Crippen molar-refractivity contribution in [3.8, 4) is 5.69 Å². The molecule has 1 aromatic heterocycles. The highest BCUT2D eigenvalue weighted by Crippen LogP contribution is 2.21. The van der Waals surface area contributed by atoms with Crippen molar-refractivity contribution in [3.05, 3.63) is 48.3 Å². The van der Waals surface area contributed by atoms with Crippen LogP contribution in [0.4, 0.5) is 0 Å². The van der Waals surface area contributed by atoms with Crippen LogP contribution in [0.15, 0.2) is 42.6 Å². The Morgan fingerprint density at radius 3 is 2.86 bits per heavy atom. The quantitative estimate of drug-likeness (QED) is 0.938. The van der Waals surface area contributed by atoms with Crippen LogP contribution in [-0.2, 0) is 6.54 Å². The summed E-state index contributed by atoms with van der Waals surface area (Å²) in [5.41, 5.74) is 8.45. The molecule has 1 aromatic carbocycles. The van der Waals surface area contributed by atoms with Gasteiger partial charge in [-0.15, -0.1) is 0 Å². The van der Waals surface area contributed by atoms with E-state index >= 15 is 0 Å². The normalized spacial score (nSPS) is 21.3. The van der Waals surface area contributed by atoms with Crippen molar-refractivity contribution in [2.75, 3.05) is 13.1 Å². The summed E-state index contributed by atoms with van der Waals surface area (Å²) in [5.74, 6) is 0.617. The number of nitrogens with two attached hydrogens (primary N) is 1. The summed E-state index contributed by atoms with van der Waals surface area (Å²) in [6.07, 6.45) is 4.38. The van der Waals surface area contributed by atoms with Crippen molar-refractivity contribution in [2.45, 2.75) is 32.4 Å². The second kappa shape index (κ2) is 6.41. The molecule has 1 aliphatic heterocycles. The molecule has 1 aliphatic rings. The van der Waals surface area contributed by atoms with E-state index in [0.717, 1.165) is 25.3 Å². The number of para-hydroxylation sites is 1. The van der Waals surface area contributed by atoms with Gasteiger partial charge in [0, 0.05) is 25.3 Å². The first-order chi connectivity index (χ1) is 10.2. The molecule has 2 unspecified atom stereocenters. The van der Waals surface area contributed by atoms with Gasteiger partial charge in [0.15, 0.2) is 0 Å². The van der Waals surface area contributed by atoms with Gasteiger partial charge in [0.25, 0.3) is 0 Å². The summed E-state index contributed by atoms with van der Waals surface area (Å²) < 4.78 is 2.04. The number of likely N-dealkylation sites (tertiary alicyclic amines) is 1. The summed E-state index contributed by atoms with van der Waals surface area (Å²) in [6, 6.07) is 12.7. The van der Waals surface area contributed by atoms with E-state index in [0.29, 0.717) is 5.92 Å². The maximum atomic E-state index is 6.08. The van der Waals surface area contributed by atoms with Crippen LogP contribution in [-0.4, -0.2) is 33.8 Å². The first kappa shape index (κ1) is 14.3. The van der Waals surface area contributed by atoms with Gasteiger partial charge in [-0.2, -0.15) is 5.10 Å². The van der Waals surface area contributed by atoms with E-state index in [1.807, 2.05) is 29.1 Å². The van der Waals surface area contributed by atoms with Crippen LogP contribution in [0.1, 0.15) is 25.5 Å². The van der Waals surface area contributed by atoms with Gasteiger partial charge in [-0.25, -0.2) is 4.68 Å². The van der Waals surface area contributed by atoms with E-state index in [9.17, 15) is 0 Å². The van der Waals surface area contributed by atoms with Crippen molar-refractivity contribution in [1.82, 2.24) is 14.7 Å². The number of piperidine rings is 1. The minimum Gasteiger partial charge on any atom is -0.328 e. The number of rotatable bonds is 4. The maximum Gasteiger partial charge on any atom is 0.0649 e. The molecule has 4 nitrogen and oxygen atoms in total. The largest absolute Gasteiger partial charge is 0.328 e. The Hall–Kier alpha value is -1.65. The minimum atomic E-state index is 0.284. The topological polar surface area (TPSA) is 47.1 Å². The lowest BCUT2D eigenvalue weighted by Crippen LogP contribution is -2.42. The molecule has 0 saturated carbocycles. The highest BCUT2D eigenvalue weighted by atomic mass is 15.3. The molecule has 112 valence electrons. The Morgan fingerprint density at radius 1 is 1.29 bits per heavy atom. The van der Waals surface area contributed by atoms with E-state index in [1.54, 1.807) is 0 Å². The van der Waals surface area contributed by atoms with Gasteiger partial charge < -0.3 is 5.73 Å². The van der Waals surface area contributed by atoms with Gasteiger partial charge in [0.2, 0.25) is 0 Å². The molecule has 0 spiro atoms. The molecular formula is C17H24N4. The number of hydrogen-bond acceptors (Lipinski definition) is 3. The minimum absolute atomic E-state index is 0.284. The van der Waals surface area contributed by atoms with Crippen molar-refractivity contribution >= 4 is 0 Å². The molecule has 0 aliphatic carbocycles. The van der Waals surface area contributed by atoms with Crippen molar-refractivity contribution in [3.63, 3.8) is 0 Å². The second-order valence-corrected chi connectivity index (χ2v) is 6.07. The Kier molecular flexibility index (Phi) is 4.36.